The van der Waals surface area contributed by atoms with Crippen LogP contribution in [0.3, 0.4) is 0 Å². The molecule has 4 rings (SSSR count). The van der Waals surface area contributed by atoms with Crippen molar-refractivity contribution in [3.8, 4) is 0 Å². The molecule has 0 aliphatic carbocycles. The number of hydrogen-bond donors (Lipinski definition) is 1. The van der Waals surface area contributed by atoms with Gasteiger partial charge in [0, 0.05) is 36.8 Å². The summed E-state index contributed by atoms with van der Waals surface area (Å²) in [5.74, 6) is 0.131. The predicted molar refractivity (Wildman–Crippen MR) is 103 cm³/mol. The Bertz CT molecular complexity index is 1030. The van der Waals surface area contributed by atoms with Crippen molar-refractivity contribution in [2.75, 3.05) is 6.54 Å². The topological polar surface area (TPSA) is 101 Å². The Morgan fingerprint density at radius 2 is 2.25 bits per heavy atom. The van der Waals surface area contributed by atoms with Gasteiger partial charge in [0.2, 0.25) is 5.91 Å². The highest BCUT2D eigenvalue weighted by molar-refractivity contribution is 5.77. The number of carbonyl (C=O) groups is 1. The van der Waals surface area contributed by atoms with Crippen LogP contribution < -0.4 is 5.56 Å². The molecule has 0 saturated carbocycles. The summed E-state index contributed by atoms with van der Waals surface area (Å²) >= 11 is 0. The zero-order valence-corrected chi connectivity index (χ0v) is 16.3. The van der Waals surface area contributed by atoms with Gasteiger partial charge in [-0.3, -0.25) is 19.4 Å². The van der Waals surface area contributed by atoms with Gasteiger partial charge in [0.1, 0.15) is 12.7 Å². The van der Waals surface area contributed by atoms with E-state index in [0.29, 0.717) is 25.0 Å². The fraction of sp³-hybridized carbons (Fsp3) is 0.526. The number of H-pyrrole nitrogens is 1. The fourth-order valence-corrected chi connectivity index (χ4v) is 4.04. The van der Waals surface area contributed by atoms with Crippen LogP contribution in [0.25, 0.3) is 5.65 Å². The van der Waals surface area contributed by atoms with Crippen LogP contribution in [0.4, 0.5) is 0 Å². The third-order valence-corrected chi connectivity index (χ3v) is 5.46. The van der Waals surface area contributed by atoms with Crippen LogP contribution in [0.5, 0.6) is 0 Å². The van der Waals surface area contributed by atoms with E-state index in [4.69, 9.17) is 0 Å². The standard InChI is InChI=1S/C19H25N7O2/c1-3-14-13(2)22-17-10-15(23-26(17)19(14)28)16-6-4-9-25(16)18(27)7-5-8-24-12-20-11-21-24/h10-12,16,23H,3-9H2,1-2H3/t16-/m1/s1. The molecule has 3 aromatic rings. The highest BCUT2D eigenvalue weighted by atomic mass is 16.2. The van der Waals surface area contributed by atoms with Crippen LogP contribution in [-0.2, 0) is 17.8 Å². The lowest BCUT2D eigenvalue weighted by Crippen LogP contribution is -2.31. The van der Waals surface area contributed by atoms with E-state index in [9.17, 15) is 9.59 Å². The third kappa shape index (κ3) is 3.32. The van der Waals surface area contributed by atoms with E-state index >= 15 is 0 Å². The Kier molecular flexibility index (Phi) is 4.97. The molecule has 28 heavy (non-hydrogen) atoms. The van der Waals surface area contributed by atoms with Crippen molar-refractivity contribution in [3.63, 3.8) is 0 Å². The molecular formula is C19H25N7O2. The first kappa shape index (κ1) is 18.4. The van der Waals surface area contributed by atoms with Crippen molar-refractivity contribution >= 4 is 11.6 Å². The first-order valence-electron chi connectivity index (χ1n) is 9.81. The van der Waals surface area contributed by atoms with Crippen LogP contribution in [0.15, 0.2) is 23.5 Å². The molecule has 9 heteroatoms. The molecule has 0 unspecified atom stereocenters. The van der Waals surface area contributed by atoms with Crippen molar-refractivity contribution in [2.24, 2.45) is 0 Å². The van der Waals surface area contributed by atoms with Gasteiger partial charge in [0.15, 0.2) is 5.65 Å². The number of nitrogens with zero attached hydrogens (tertiary/aromatic N) is 6. The number of aromatic amines is 1. The summed E-state index contributed by atoms with van der Waals surface area (Å²) < 4.78 is 3.24. The van der Waals surface area contributed by atoms with Crippen molar-refractivity contribution < 1.29 is 4.79 Å². The molecular weight excluding hydrogens is 358 g/mol. The largest absolute Gasteiger partial charge is 0.334 e. The molecule has 0 spiro atoms. The van der Waals surface area contributed by atoms with E-state index in [0.717, 1.165) is 42.8 Å². The summed E-state index contributed by atoms with van der Waals surface area (Å²) in [5.41, 5.74) is 2.92. The first-order chi connectivity index (χ1) is 13.6. The lowest BCUT2D eigenvalue weighted by atomic mass is 10.1. The van der Waals surface area contributed by atoms with Crippen LogP contribution in [-0.4, -0.2) is 46.7 Å². The second kappa shape index (κ2) is 7.57. The van der Waals surface area contributed by atoms with Gasteiger partial charge in [0.25, 0.3) is 5.56 Å². The number of hydrogen-bond acceptors (Lipinski definition) is 5. The van der Waals surface area contributed by atoms with Crippen molar-refractivity contribution in [3.05, 3.63) is 46.0 Å². The summed E-state index contributed by atoms with van der Waals surface area (Å²) in [6.07, 6.45) is 6.83. The first-order valence-corrected chi connectivity index (χ1v) is 9.81. The zero-order valence-electron chi connectivity index (χ0n) is 16.3. The Morgan fingerprint density at radius 3 is 3.00 bits per heavy atom. The Morgan fingerprint density at radius 1 is 1.39 bits per heavy atom. The molecule has 0 aromatic carbocycles. The molecule has 1 saturated heterocycles. The van der Waals surface area contributed by atoms with Gasteiger partial charge in [-0.05, 0) is 32.6 Å². The number of likely N-dealkylation sites (tertiary alicyclic amines) is 1. The van der Waals surface area contributed by atoms with Crippen LogP contribution >= 0.6 is 0 Å². The summed E-state index contributed by atoms with van der Waals surface area (Å²) in [7, 11) is 0. The molecule has 148 valence electrons. The van der Waals surface area contributed by atoms with Gasteiger partial charge in [0.05, 0.1) is 11.7 Å². The van der Waals surface area contributed by atoms with Crippen LogP contribution in [0.2, 0.25) is 0 Å². The van der Waals surface area contributed by atoms with Crippen molar-refractivity contribution in [2.45, 2.75) is 58.5 Å². The maximum Gasteiger partial charge on any atom is 0.276 e. The summed E-state index contributed by atoms with van der Waals surface area (Å²) in [5, 5.41) is 7.26. The van der Waals surface area contributed by atoms with E-state index in [1.165, 1.54) is 10.8 Å². The van der Waals surface area contributed by atoms with Gasteiger partial charge < -0.3 is 4.90 Å². The van der Waals surface area contributed by atoms with Crippen LogP contribution in [0.1, 0.15) is 55.6 Å². The Hall–Kier alpha value is -2.97. The van der Waals surface area contributed by atoms with E-state index in [2.05, 4.69) is 20.2 Å². The number of carbonyl (C=O) groups excluding carboxylic acids is 1. The fourth-order valence-electron chi connectivity index (χ4n) is 4.04. The third-order valence-electron chi connectivity index (χ3n) is 5.46. The van der Waals surface area contributed by atoms with Crippen molar-refractivity contribution in [1.82, 2.24) is 34.3 Å². The van der Waals surface area contributed by atoms with E-state index in [1.54, 1.807) is 11.0 Å². The number of fused-ring (bicyclic) bond motifs is 1. The van der Waals surface area contributed by atoms with E-state index < -0.39 is 0 Å². The Labute approximate surface area is 162 Å². The Balaban J connectivity index is 1.52. The minimum Gasteiger partial charge on any atom is -0.334 e. The number of amides is 1. The smallest absolute Gasteiger partial charge is 0.276 e. The van der Waals surface area contributed by atoms with Gasteiger partial charge >= 0.3 is 0 Å². The van der Waals surface area contributed by atoms with Crippen molar-refractivity contribution in [1.29, 1.82) is 0 Å². The zero-order chi connectivity index (χ0) is 19.7. The molecule has 1 aliphatic heterocycles. The average molecular weight is 383 g/mol. The molecule has 0 bridgehead atoms. The maximum absolute atomic E-state index is 12.8. The highest BCUT2D eigenvalue weighted by Gasteiger charge is 2.31. The minimum absolute atomic E-state index is 0.0367. The van der Waals surface area contributed by atoms with Gasteiger partial charge in [-0.2, -0.15) is 5.10 Å². The maximum atomic E-state index is 12.8. The molecule has 1 N–H and O–H groups in total. The summed E-state index contributed by atoms with van der Waals surface area (Å²) in [4.78, 5) is 35.8. The van der Waals surface area contributed by atoms with E-state index in [1.807, 2.05) is 24.8 Å². The monoisotopic (exact) mass is 383 g/mol. The van der Waals surface area contributed by atoms with Crippen LogP contribution in [0, 0.1) is 6.92 Å². The molecule has 4 heterocycles. The van der Waals surface area contributed by atoms with Gasteiger partial charge in [-0.15, -0.1) is 0 Å². The second-order valence-corrected chi connectivity index (χ2v) is 7.25. The lowest BCUT2D eigenvalue weighted by molar-refractivity contribution is -0.132. The SMILES string of the molecule is CCc1c(C)nc2cc([C@H]3CCCN3C(=O)CCCn3cncn3)[nH]n2c1=O. The average Bonchev–Trinajstić information content (AvgIpc) is 3.42. The highest BCUT2D eigenvalue weighted by Crippen LogP contribution is 2.32. The molecule has 0 radical (unpaired) electrons. The van der Waals surface area contributed by atoms with E-state index in [-0.39, 0.29) is 17.5 Å². The molecule has 1 amide bonds. The second-order valence-electron chi connectivity index (χ2n) is 7.25. The van der Waals surface area contributed by atoms with Gasteiger partial charge in [-0.25, -0.2) is 14.5 Å². The normalized spacial score (nSPS) is 16.9. The number of nitrogens with one attached hydrogen (secondary N) is 1. The predicted octanol–water partition coefficient (Wildman–Crippen LogP) is 1.63. The molecule has 3 aromatic heterocycles. The summed E-state index contributed by atoms with van der Waals surface area (Å²) in [6.45, 7) is 5.24. The number of aryl methyl sites for hydroxylation is 2. The molecule has 1 fully saturated rings. The number of rotatable bonds is 6. The minimum atomic E-state index is -0.0556. The summed E-state index contributed by atoms with van der Waals surface area (Å²) in [6, 6.07) is 1.87. The lowest BCUT2D eigenvalue weighted by Gasteiger charge is -2.23. The molecule has 1 aliphatic rings. The molecule has 1 atom stereocenters. The van der Waals surface area contributed by atoms with Gasteiger partial charge in [-0.1, -0.05) is 6.92 Å². The quantitative estimate of drug-likeness (QED) is 0.697. The molecule has 9 nitrogen and oxygen atoms in total. The number of aromatic nitrogens is 6.